The second kappa shape index (κ2) is 7.07. The lowest BCUT2D eigenvalue weighted by molar-refractivity contribution is -0.131. The van der Waals surface area contributed by atoms with Gasteiger partial charge in [-0.3, -0.25) is 9.59 Å². The molecule has 0 bridgehead atoms. The average Bonchev–Trinajstić information content (AvgIpc) is 3.42. The Morgan fingerprint density at radius 3 is 2.96 bits per heavy atom. The Labute approximate surface area is 156 Å². The first-order chi connectivity index (χ1) is 12.6. The van der Waals surface area contributed by atoms with Gasteiger partial charge in [0.25, 0.3) is 0 Å². The van der Waals surface area contributed by atoms with Gasteiger partial charge < -0.3 is 15.0 Å². The summed E-state index contributed by atoms with van der Waals surface area (Å²) in [5, 5.41) is 5.27. The van der Waals surface area contributed by atoms with Gasteiger partial charge in [-0.1, -0.05) is 6.07 Å². The molecular weight excluding hydrogens is 350 g/mol. The van der Waals surface area contributed by atoms with Crippen LogP contribution in [0.3, 0.4) is 0 Å². The minimum absolute atomic E-state index is 0.0419. The molecule has 0 radical (unpaired) electrons. The number of nitrogens with one attached hydrogen (secondary N) is 1. The fourth-order valence-electron chi connectivity index (χ4n) is 3.13. The Balaban J connectivity index is 1.36. The number of carbonyl (C=O) groups is 2. The number of benzene rings is 1. The van der Waals surface area contributed by atoms with E-state index >= 15 is 0 Å². The summed E-state index contributed by atoms with van der Waals surface area (Å²) in [6.45, 7) is 1.32. The molecule has 136 valence electrons. The molecule has 2 amide bonds. The second-order valence-electron chi connectivity index (χ2n) is 6.78. The zero-order chi connectivity index (χ0) is 18.1. The van der Waals surface area contributed by atoms with Crippen molar-refractivity contribution in [2.24, 2.45) is 5.92 Å². The molecule has 1 N–H and O–H groups in total. The molecular formula is C19H21N3O3S. The maximum Gasteiger partial charge on any atom is 0.229 e. The van der Waals surface area contributed by atoms with Crippen LogP contribution in [0, 0.1) is 5.92 Å². The Morgan fingerprint density at radius 2 is 2.19 bits per heavy atom. The van der Waals surface area contributed by atoms with Crippen LogP contribution >= 0.6 is 11.3 Å². The number of fused-ring (bicyclic) bond motifs is 1. The Hall–Kier alpha value is -2.41. The van der Waals surface area contributed by atoms with Crippen LogP contribution in [0.2, 0.25) is 0 Å². The highest BCUT2D eigenvalue weighted by Crippen LogP contribution is 2.31. The summed E-state index contributed by atoms with van der Waals surface area (Å²) in [6.07, 6.45) is 3.02. The summed E-state index contributed by atoms with van der Waals surface area (Å²) in [5.41, 5.74) is 3.12. The van der Waals surface area contributed by atoms with Gasteiger partial charge in [-0.2, -0.15) is 0 Å². The molecule has 1 aliphatic heterocycles. The number of rotatable bonds is 5. The molecule has 2 aromatic rings. The number of hydrogen-bond acceptors (Lipinski definition) is 5. The maximum atomic E-state index is 12.6. The van der Waals surface area contributed by atoms with E-state index in [1.807, 2.05) is 28.5 Å². The SMILES string of the molecule is COc1ccc2c(c1)CCN(C(=O)Cc1csc(NC(=O)C3CC3)n1)C2. The molecule has 1 saturated carbocycles. The van der Waals surface area contributed by atoms with Gasteiger partial charge in [0, 0.05) is 24.4 Å². The summed E-state index contributed by atoms with van der Waals surface area (Å²) in [4.78, 5) is 30.7. The largest absolute Gasteiger partial charge is 0.497 e. The lowest BCUT2D eigenvalue weighted by Gasteiger charge is -2.29. The predicted octanol–water partition coefficient (Wildman–Crippen LogP) is 2.63. The van der Waals surface area contributed by atoms with Crippen molar-refractivity contribution in [2.75, 3.05) is 19.0 Å². The van der Waals surface area contributed by atoms with Gasteiger partial charge in [0.1, 0.15) is 5.75 Å². The molecule has 1 aromatic heterocycles. The summed E-state index contributed by atoms with van der Waals surface area (Å²) in [5.74, 6) is 1.11. The molecule has 0 spiro atoms. The van der Waals surface area contributed by atoms with E-state index in [0.29, 0.717) is 23.9 Å². The first-order valence-corrected chi connectivity index (χ1v) is 9.69. The highest BCUT2D eigenvalue weighted by molar-refractivity contribution is 7.13. The molecule has 0 atom stereocenters. The van der Waals surface area contributed by atoms with Gasteiger partial charge in [0.15, 0.2) is 5.13 Å². The van der Waals surface area contributed by atoms with E-state index in [1.54, 1.807) is 7.11 Å². The monoisotopic (exact) mass is 371 g/mol. The maximum absolute atomic E-state index is 12.6. The van der Waals surface area contributed by atoms with Crippen molar-refractivity contribution < 1.29 is 14.3 Å². The predicted molar refractivity (Wildman–Crippen MR) is 99.3 cm³/mol. The zero-order valence-corrected chi connectivity index (χ0v) is 15.5. The topological polar surface area (TPSA) is 71.5 Å². The fourth-order valence-corrected chi connectivity index (χ4v) is 3.85. The second-order valence-corrected chi connectivity index (χ2v) is 7.64. The van der Waals surface area contributed by atoms with Crippen LogP contribution in [0.15, 0.2) is 23.6 Å². The Morgan fingerprint density at radius 1 is 1.35 bits per heavy atom. The van der Waals surface area contributed by atoms with E-state index in [1.165, 1.54) is 22.5 Å². The first kappa shape index (κ1) is 17.0. The third-order valence-electron chi connectivity index (χ3n) is 4.84. The van der Waals surface area contributed by atoms with Crippen molar-refractivity contribution in [3.8, 4) is 5.75 Å². The van der Waals surface area contributed by atoms with Crippen molar-refractivity contribution in [1.29, 1.82) is 0 Å². The third kappa shape index (κ3) is 3.72. The quantitative estimate of drug-likeness (QED) is 0.877. The van der Waals surface area contributed by atoms with E-state index in [4.69, 9.17) is 4.74 Å². The molecule has 26 heavy (non-hydrogen) atoms. The van der Waals surface area contributed by atoms with Crippen LogP contribution in [-0.2, 0) is 29.0 Å². The van der Waals surface area contributed by atoms with Crippen LogP contribution in [0.25, 0.3) is 0 Å². The number of methoxy groups -OCH3 is 1. The van der Waals surface area contributed by atoms with E-state index in [0.717, 1.165) is 25.0 Å². The Bertz CT molecular complexity index is 844. The number of aromatic nitrogens is 1. The number of hydrogen-bond donors (Lipinski definition) is 1. The summed E-state index contributed by atoms with van der Waals surface area (Å²) in [7, 11) is 1.66. The number of ether oxygens (including phenoxy) is 1. The normalized spacial score (nSPS) is 16.1. The Kier molecular flexibility index (Phi) is 4.63. The molecule has 7 heteroatoms. The smallest absolute Gasteiger partial charge is 0.229 e. The molecule has 2 heterocycles. The lowest BCUT2D eigenvalue weighted by atomic mass is 9.99. The minimum atomic E-state index is 0.0419. The van der Waals surface area contributed by atoms with E-state index < -0.39 is 0 Å². The summed E-state index contributed by atoms with van der Waals surface area (Å²) < 4.78 is 5.26. The number of amides is 2. The van der Waals surface area contributed by atoms with Crippen molar-refractivity contribution in [3.63, 3.8) is 0 Å². The van der Waals surface area contributed by atoms with Gasteiger partial charge in [-0.15, -0.1) is 11.3 Å². The van der Waals surface area contributed by atoms with Crippen molar-refractivity contribution >= 4 is 28.3 Å². The molecule has 2 aliphatic rings. The standard InChI is InChI=1S/C19H21N3O3S/c1-25-16-5-4-14-10-22(7-6-13(14)8-16)17(23)9-15-11-26-19(20-15)21-18(24)12-2-3-12/h4-5,8,11-12H,2-3,6-7,9-10H2,1H3,(H,20,21,24). The van der Waals surface area contributed by atoms with Gasteiger partial charge in [-0.25, -0.2) is 4.98 Å². The fraction of sp³-hybridized carbons (Fsp3) is 0.421. The van der Waals surface area contributed by atoms with Gasteiger partial charge >= 0.3 is 0 Å². The van der Waals surface area contributed by atoms with Gasteiger partial charge in [0.05, 0.1) is 19.2 Å². The van der Waals surface area contributed by atoms with Crippen molar-refractivity contribution in [3.05, 3.63) is 40.4 Å². The lowest BCUT2D eigenvalue weighted by Crippen LogP contribution is -2.37. The van der Waals surface area contributed by atoms with Crippen LogP contribution in [0.4, 0.5) is 5.13 Å². The molecule has 4 rings (SSSR count). The van der Waals surface area contributed by atoms with Crippen LogP contribution in [0.1, 0.15) is 29.7 Å². The molecule has 1 fully saturated rings. The van der Waals surface area contributed by atoms with Crippen molar-refractivity contribution in [1.82, 2.24) is 9.88 Å². The van der Waals surface area contributed by atoms with Gasteiger partial charge in [0.2, 0.25) is 11.8 Å². The van der Waals surface area contributed by atoms with Gasteiger partial charge in [-0.05, 0) is 42.5 Å². The highest BCUT2D eigenvalue weighted by Gasteiger charge is 2.30. The van der Waals surface area contributed by atoms with Crippen LogP contribution in [0.5, 0.6) is 5.75 Å². The van der Waals surface area contributed by atoms with E-state index in [9.17, 15) is 9.59 Å². The summed E-state index contributed by atoms with van der Waals surface area (Å²) in [6, 6.07) is 6.01. The zero-order valence-electron chi connectivity index (χ0n) is 14.7. The number of anilines is 1. The highest BCUT2D eigenvalue weighted by atomic mass is 32.1. The first-order valence-electron chi connectivity index (χ1n) is 8.81. The molecule has 0 unspecified atom stereocenters. The number of thiazole rings is 1. The average molecular weight is 371 g/mol. The van der Waals surface area contributed by atoms with Crippen molar-refractivity contribution in [2.45, 2.75) is 32.2 Å². The van der Waals surface area contributed by atoms with E-state index in [2.05, 4.69) is 10.3 Å². The number of nitrogens with zero attached hydrogens (tertiary/aromatic N) is 2. The molecule has 1 aliphatic carbocycles. The summed E-state index contributed by atoms with van der Waals surface area (Å²) >= 11 is 1.38. The minimum Gasteiger partial charge on any atom is -0.497 e. The van der Waals surface area contributed by atoms with Crippen LogP contribution in [-0.4, -0.2) is 35.4 Å². The number of carbonyl (C=O) groups excluding carboxylic acids is 2. The third-order valence-corrected chi connectivity index (χ3v) is 5.65. The van der Waals surface area contributed by atoms with E-state index in [-0.39, 0.29) is 24.2 Å². The molecule has 0 saturated heterocycles. The molecule has 6 nitrogen and oxygen atoms in total. The van der Waals surface area contributed by atoms with Crippen LogP contribution < -0.4 is 10.1 Å². The molecule has 1 aromatic carbocycles.